The van der Waals surface area contributed by atoms with Gasteiger partial charge < -0.3 is 0 Å². The van der Waals surface area contributed by atoms with Crippen molar-refractivity contribution in [2.45, 2.75) is 60.3 Å². The maximum absolute atomic E-state index is 13.1. The first-order valence-electron chi connectivity index (χ1n) is 8.21. The fourth-order valence-electron chi connectivity index (χ4n) is 3.84. The molecule has 1 aromatic carbocycles. The summed E-state index contributed by atoms with van der Waals surface area (Å²) in [4.78, 5) is 0.452. The second-order valence-electron chi connectivity index (χ2n) is 6.66. The van der Waals surface area contributed by atoms with Gasteiger partial charge in [-0.2, -0.15) is 4.31 Å². The Morgan fingerprint density at radius 1 is 1.09 bits per heavy atom. The topological polar surface area (TPSA) is 37.4 Å². The van der Waals surface area contributed by atoms with E-state index in [9.17, 15) is 8.42 Å². The van der Waals surface area contributed by atoms with Gasteiger partial charge >= 0.3 is 0 Å². The third-order valence-corrected chi connectivity index (χ3v) is 8.17. The van der Waals surface area contributed by atoms with Crippen molar-refractivity contribution >= 4 is 32.6 Å². The first-order valence-corrected chi connectivity index (χ1v) is 10.9. The molecule has 0 aromatic heterocycles. The van der Waals surface area contributed by atoms with E-state index < -0.39 is 10.0 Å². The fourth-order valence-corrected chi connectivity index (χ4v) is 6.36. The summed E-state index contributed by atoms with van der Waals surface area (Å²) < 4.78 is 28.6. The molecule has 22 heavy (non-hydrogen) atoms. The zero-order valence-electron chi connectivity index (χ0n) is 13.0. The Balaban J connectivity index is 1.90. The van der Waals surface area contributed by atoms with E-state index in [0.29, 0.717) is 21.3 Å². The minimum absolute atomic E-state index is 0.199. The zero-order valence-corrected chi connectivity index (χ0v) is 16.0. The van der Waals surface area contributed by atoms with Crippen LogP contribution in [0.2, 0.25) is 0 Å². The third kappa shape index (κ3) is 3.36. The summed E-state index contributed by atoms with van der Waals surface area (Å²) in [6, 6.07) is 7.49. The average molecular weight is 433 g/mol. The molecule has 0 radical (unpaired) electrons. The Bertz CT molecular complexity index is 608. The van der Waals surface area contributed by atoms with Crippen LogP contribution in [0.5, 0.6) is 0 Å². The molecule has 0 N–H and O–H groups in total. The number of alkyl halides is 1. The van der Waals surface area contributed by atoms with Crippen LogP contribution in [0.15, 0.2) is 29.2 Å². The number of aryl methyl sites for hydroxylation is 1. The van der Waals surface area contributed by atoms with Crippen molar-refractivity contribution in [1.29, 1.82) is 0 Å². The Labute approximate surface area is 147 Å². The van der Waals surface area contributed by atoms with E-state index in [1.54, 1.807) is 12.1 Å². The Hall–Kier alpha value is -0.140. The molecule has 1 saturated carbocycles. The molecule has 0 bridgehead atoms. The van der Waals surface area contributed by atoms with Crippen molar-refractivity contribution in [2.75, 3.05) is 6.54 Å². The number of nitrogens with zero attached hydrogens (tertiary/aromatic N) is 1. The summed E-state index contributed by atoms with van der Waals surface area (Å²) in [5.74, 6) is 0.554. The van der Waals surface area contributed by atoms with Crippen LogP contribution in [0.4, 0.5) is 0 Å². The van der Waals surface area contributed by atoms with Gasteiger partial charge in [0.05, 0.1) is 4.90 Å². The summed E-state index contributed by atoms with van der Waals surface area (Å²) >= 11 is 2.49. The van der Waals surface area contributed by atoms with Crippen molar-refractivity contribution in [3.05, 3.63) is 29.8 Å². The number of benzene rings is 1. The molecule has 1 aromatic rings. The van der Waals surface area contributed by atoms with E-state index in [2.05, 4.69) is 22.6 Å². The van der Waals surface area contributed by atoms with Crippen molar-refractivity contribution in [2.24, 2.45) is 5.92 Å². The summed E-state index contributed by atoms with van der Waals surface area (Å²) in [6.07, 6.45) is 6.87. The number of sulfonamides is 1. The minimum Gasteiger partial charge on any atom is -0.207 e. The molecule has 122 valence electrons. The van der Waals surface area contributed by atoms with Crippen LogP contribution in [0.1, 0.15) is 44.1 Å². The van der Waals surface area contributed by atoms with Gasteiger partial charge in [-0.1, -0.05) is 53.1 Å². The molecule has 0 unspecified atom stereocenters. The lowest BCUT2D eigenvalue weighted by Gasteiger charge is -2.40. The molecular formula is C17H24INO2S. The van der Waals surface area contributed by atoms with Crippen LogP contribution < -0.4 is 0 Å². The van der Waals surface area contributed by atoms with Gasteiger partial charge in [0, 0.05) is 16.5 Å². The Morgan fingerprint density at radius 3 is 2.36 bits per heavy atom. The quantitative estimate of drug-likeness (QED) is 0.531. The van der Waals surface area contributed by atoms with Gasteiger partial charge in [0.15, 0.2) is 0 Å². The molecular weight excluding hydrogens is 409 g/mol. The lowest BCUT2D eigenvalue weighted by Crippen LogP contribution is -2.49. The van der Waals surface area contributed by atoms with Gasteiger partial charge in [-0.15, -0.1) is 0 Å². The molecule has 3 rings (SSSR count). The molecule has 1 heterocycles. The third-order valence-electron chi connectivity index (χ3n) is 5.10. The van der Waals surface area contributed by atoms with Gasteiger partial charge in [-0.05, 0) is 50.7 Å². The summed E-state index contributed by atoms with van der Waals surface area (Å²) in [5, 5.41) is 0. The summed E-state index contributed by atoms with van der Waals surface area (Å²) in [5.41, 5.74) is 1.09. The van der Waals surface area contributed by atoms with Gasteiger partial charge in [0.2, 0.25) is 10.0 Å². The summed E-state index contributed by atoms with van der Waals surface area (Å²) in [6.45, 7) is 2.66. The van der Waals surface area contributed by atoms with Crippen molar-refractivity contribution in [3.63, 3.8) is 0 Å². The smallest absolute Gasteiger partial charge is 0.207 e. The van der Waals surface area contributed by atoms with Gasteiger partial charge in [-0.3, -0.25) is 0 Å². The van der Waals surface area contributed by atoms with E-state index in [0.717, 1.165) is 18.4 Å². The average Bonchev–Trinajstić information content (AvgIpc) is 3.01. The molecule has 1 aliphatic carbocycles. The van der Waals surface area contributed by atoms with Crippen molar-refractivity contribution in [1.82, 2.24) is 4.31 Å². The second-order valence-corrected chi connectivity index (χ2v) is 10.3. The molecule has 2 aliphatic rings. The second kappa shape index (κ2) is 6.77. The number of piperidine rings is 1. The van der Waals surface area contributed by atoms with Gasteiger partial charge in [-0.25, -0.2) is 8.42 Å². The van der Waals surface area contributed by atoms with Crippen LogP contribution in [0.3, 0.4) is 0 Å². The van der Waals surface area contributed by atoms with E-state index >= 15 is 0 Å². The highest BCUT2D eigenvalue weighted by atomic mass is 127. The highest BCUT2D eigenvalue weighted by Crippen LogP contribution is 2.39. The van der Waals surface area contributed by atoms with Crippen LogP contribution in [-0.2, 0) is 10.0 Å². The molecule has 3 nitrogen and oxygen atoms in total. The highest BCUT2D eigenvalue weighted by molar-refractivity contribution is 14.1. The Morgan fingerprint density at radius 2 is 1.73 bits per heavy atom. The largest absolute Gasteiger partial charge is 0.243 e. The summed E-state index contributed by atoms with van der Waals surface area (Å²) in [7, 11) is -3.36. The van der Waals surface area contributed by atoms with Crippen LogP contribution in [-0.4, -0.2) is 29.2 Å². The first-order chi connectivity index (χ1) is 10.5. The minimum atomic E-state index is -3.36. The fraction of sp³-hybridized carbons (Fsp3) is 0.647. The lowest BCUT2D eigenvalue weighted by atomic mass is 9.91. The monoisotopic (exact) mass is 433 g/mol. The normalized spacial score (nSPS) is 28.1. The van der Waals surface area contributed by atoms with Crippen LogP contribution in [0, 0.1) is 12.8 Å². The maximum Gasteiger partial charge on any atom is 0.243 e. The van der Waals surface area contributed by atoms with E-state index in [1.165, 1.54) is 25.7 Å². The van der Waals surface area contributed by atoms with E-state index in [1.807, 2.05) is 23.4 Å². The predicted molar refractivity (Wildman–Crippen MR) is 97.9 cm³/mol. The molecule has 0 spiro atoms. The molecule has 2 fully saturated rings. The molecule has 0 amide bonds. The molecule has 1 aliphatic heterocycles. The lowest BCUT2D eigenvalue weighted by molar-refractivity contribution is 0.193. The highest BCUT2D eigenvalue weighted by Gasteiger charge is 2.40. The molecule has 5 heteroatoms. The van der Waals surface area contributed by atoms with Gasteiger partial charge in [0.1, 0.15) is 0 Å². The predicted octanol–water partition coefficient (Wildman–Crippen LogP) is 4.14. The standard InChI is InChI=1S/C17H24INO2S/c1-13-6-8-16(9-7-13)22(20,21)19-11-10-15(18)12-17(19)14-4-2-3-5-14/h6-9,14-15,17H,2-5,10-12H2,1H3/t15-,17-/m0/s1. The Kier molecular flexibility index (Phi) is 5.14. The SMILES string of the molecule is Cc1ccc(S(=O)(=O)N2CC[C@H](I)C[C@H]2C2CCCC2)cc1. The van der Waals surface area contributed by atoms with E-state index in [4.69, 9.17) is 0 Å². The number of halogens is 1. The van der Waals surface area contributed by atoms with Gasteiger partial charge in [0.25, 0.3) is 0 Å². The van der Waals surface area contributed by atoms with Crippen molar-refractivity contribution in [3.8, 4) is 0 Å². The molecule has 1 saturated heterocycles. The maximum atomic E-state index is 13.1. The number of hydrogen-bond donors (Lipinski definition) is 0. The first kappa shape index (κ1) is 16.7. The zero-order chi connectivity index (χ0) is 15.7. The van der Waals surface area contributed by atoms with Crippen LogP contribution in [0.25, 0.3) is 0 Å². The van der Waals surface area contributed by atoms with E-state index in [-0.39, 0.29) is 6.04 Å². The number of rotatable bonds is 3. The molecule has 2 atom stereocenters. The van der Waals surface area contributed by atoms with Crippen LogP contribution >= 0.6 is 22.6 Å². The van der Waals surface area contributed by atoms with Crippen molar-refractivity contribution < 1.29 is 8.42 Å². The number of hydrogen-bond acceptors (Lipinski definition) is 2.